The van der Waals surface area contributed by atoms with Gasteiger partial charge in [0.05, 0.1) is 17.7 Å². The van der Waals surface area contributed by atoms with Crippen LogP contribution in [0.2, 0.25) is 0 Å². The third-order valence-corrected chi connectivity index (χ3v) is 5.87. The molecule has 2 N–H and O–H groups in total. The van der Waals surface area contributed by atoms with Gasteiger partial charge >= 0.3 is 5.97 Å². The maximum atomic E-state index is 12.6. The van der Waals surface area contributed by atoms with Crippen molar-refractivity contribution in [2.75, 3.05) is 6.54 Å². The number of likely N-dealkylation sites (tertiary alicyclic amines) is 1. The van der Waals surface area contributed by atoms with Crippen molar-refractivity contribution in [1.29, 1.82) is 0 Å². The Balaban J connectivity index is 1.60. The van der Waals surface area contributed by atoms with Gasteiger partial charge in [-0.05, 0) is 19.4 Å². The number of benzene rings is 1. The van der Waals surface area contributed by atoms with Gasteiger partial charge in [-0.2, -0.15) is 0 Å². The number of rotatable bonds is 6. The molecule has 2 aromatic rings. The number of carbonyl (C=O) groups excluding carboxylic acids is 2. The zero-order chi connectivity index (χ0) is 19.6. The van der Waals surface area contributed by atoms with Crippen LogP contribution in [0.3, 0.4) is 0 Å². The first kappa shape index (κ1) is 19.0. The predicted octanol–water partition coefficient (Wildman–Crippen LogP) is 2.38. The van der Waals surface area contributed by atoms with Gasteiger partial charge in [-0.1, -0.05) is 30.3 Å². The summed E-state index contributed by atoms with van der Waals surface area (Å²) < 4.78 is 0. The number of thiazole rings is 1. The third-order valence-electron chi connectivity index (χ3n) is 4.54. The number of nitrogens with one attached hydrogen (secondary N) is 1. The SMILES string of the molecule is Cc1nc(C(C)NC(=O)C2CC(=O)N(Cc3ccccc3)C2)sc1C(=O)O. The van der Waals surface area contributed by atoms with Crippen LogP contribution >= 0.6 is 11.3 Å². The van der Waals surface area contributed by atoms with Crippen LogP contribution in [0.25, 0.3) is 0 Å². The number of nitrogens with zero attached hydrogens (tertiary/aromatic N) is 2. The Bertz CT molecular complexity index is 865. The van der Waals surface area contributed by atoms with E-state index in [9.17, 15) is 14.4 Å². The molecule has 2 unspecified atom stereocenters. The Kier molecular flexibility index (Phi) is 5.55. The molecule has 0 saturated carbocycles. The Morgan fingerprint density at radius 2 is 2.07 bits per heavy atom. The zero-order valence-corrected chi connectivity index (χ0v) is 16.0. The molecule has 1 aliphatic heterocycles. The first-order valence-electron chi connectivity index (χ1n) is 8.68. The molecule has 2 amide bonds. The lowest BCUT2D eigenvalue weighted by atomic mass is 10.1. The lowest BCUT2D eigenvalue weighted by molar-refractivity contribution is -0.129. The van der Waals surface area contributed by atoms with Gasteiger partial charge in [-0.3, -0.25) is 9.59 Å². The Morgan fingerprint density at radius 1 is 1.37 bits per heavy atom. The molecule has 0 radical (unpaired) electrons. The van der Waals surface area contributed by atoms with Crippen molar-refractivity contribution >= 4 is 29.1 Å². The topological polar surface area (TPSA) is 99.6 Å². The smallest absolute Gasteiger partial charge is 0.347 e. The van der Waals surface area contributed by atoms with Gasteiger partial charge in [0.1, 0.15) is 9.88 Å². The van der Waals surface area contributed by atoms with Crippen molar-refractivity contribution in [1.82, 2.24) is 15.2 Å². The van der Waals surface area contributed by atoms with Crippen LogP contribution in [0, 0.1) is 12.8 Å². The van der Waals surface area contributed by atoms with Gasteiger partial charge in [0, 0.05) is 19.5 Å². The van der Waals surface area contributed by atoms with Crippen LogP contribution in [0.1, 0.15) is 45.3 Å². The lowest BCUT2D eigenvalue weighted by Crippen LogP contribution is -2.34. The first-order valence-corrected chi connectivity index (χ1v) is 9.49. The summed E-state index contributed by atoms with van der Waals surface area (Å²) in [5.74, 6) is -1.68. The molecule has 1 fully saturated rings. The van der Waals surface area contributed by atoms with Gasteiger partial charge in [-0.25, -0.2) is 9.78 Å². The van der Waals surface area contributed by atoms with E-state index in [-0.39, 0.29) is 23.1 Å². The van der Waals surface area contributed by atoms with Gasteiger partial charge in [-0.15, -0.1) is 11.3 Å². The van der Waals surface area contributed by atoms with E-state index in [0.29, 0.717) is 23.8 Å². The van der Waals surface area contributed by atoms with Gasteiger partial charge in [0.2, 0.25) is 11.8 Å². The van der Waals surface area contributed by atoms with E-state index in [2.05, 4.69) is 10.3 Å². The van der Waals surface area contributed by atoms with Crippen molar-refractivity contribution in [3.63, 3.8) is 0 Å². The maximum Gasteiger partial charge on any atom is 0.347 e. The number of carboxylic acid groups (broad SMARTS) is 1. The molecule has 7 nitrogen and oxygen atoms in total. The molecule has 1 aromatic heterocycles. The first-order chi connectivity index (χ1) is 12.8. The van der Waals surface area contributed by atoms with E-state index in [0.717, 1.165) is 16.9 Å². The molecular weight excluding hydrogens is 366 g/mol. The number of carbonyl (C=O) groups is 3. The molecule has 2 atom stereocenters. The van der Waals surface area contributed by atoms with Crippen molar-refractivity contribution in [3.05, 3.63) is 51.5 Å². The second-order valence-electron chi connectivity index (χ2n) is 6.66. The summed E-state index contributed by atoms with van der Waals surface area (Å²) >= 11 is 1.06. The summed E-state index contributed by atoms with van der Waals surface area (Å²) in [5, 5.41) is 12.5. The van der Waals surface area contributed by atoms with E-state index < -0.39 is 17.9 Å². The number of hydrogen-bond donors (Lipinski definition) is 2. The third kappa shape index (κ3) is 4.33. The Morgan fingerprint density at radius 3 is 2.70 bits per heavy atom. The molecule has 1 aromatic carbocycles. The summed E-state index contributed by atoms with van der Waals surface area (Å²) in [5.41, 5.74) is 1.47. The summed E-state index contributed by atoms with van der Waals surface area (Å²) in [7, 11) is 0. The zero-order valence-electron chi connectivity index (χ0n) is 15.1. The number of hydrogen-bond acceptors (Lipinski definition) is 5. The van der Waals surface area contributed by atoms with Crippen LogP contribution in [0.15, 0.2) is 30.3 Å². The molecule has 142 valence electrons. The highest BCUT2D eigenvalue weighted by molar-refractivity contribution is 7.13. The highest BCUT2D eigenvalue weighted by Crippen LogP contribution is 2.25. The molecule has 1 saturated heterocycles. The molecule has 0 bridgehead atoms. The quantitative estimate of drug-likeness (QED) is 0.793. The van der Waals surface area contributed by atoms with Crippen LogP contribution in [0.4, 0.5) is 0 Å². The van der Waals surface area contributed by atoms with Crippen molar-refractivity contribution in [3.8, 4) is 0 Å². The number of carboxylic acids is 1. The van der Waals surface area contributed by atoms with Gasteiger partial charge in [0.15, 0.2) is 0 Å². The van der Waals surface area contributed by atoms with Gasteiger partial charge in [0.25, 0.3) is 0 Å². The highest BCUT2D eigenvalue weighted by Gasteiger charge is 2.35. The van der Waals surface area contributed by atoms with Crippen molar-refractivity contribution in [2.45, 2.75) is 32.9 Å². The molecular formula is C19H21N3O4S. The van der Waals surface area contributed by atoms with Crippen molar-refractivity contribution < 1.29 is 19.5 Å². The van der Waals surface area contributed by atoms with E-state index in [1.165, 1.54) is 0 Å². The normalized spacial score (nSPS) is 17.8. The minimum absolute atomic E-state index is 0.0371. The average molecular weight is 387 g/mol. The van der Waals surface area contributed by atoms with Crippen LogP contribution in [-0.4, -0.2) is 39.3 Å². The van der Waals surface area contributed by atoms with Crippen LogP contribution in [0.5, 0.6) is 0 Å². The molecule has 1 aliphatic rings. The summed E-state index contributed by atoms with van der Waals surface area (Å²) in [6.45, 7) is 4.27. The Labute approximate surface area is 161 Å². The lowest BCUT2D eigenvalue weighted by Gasteiger charge is -2.18. The fraction of sp³-hybridized carbons (Fsp3) is 0.368. The van der Waals surface area contributed by atoms with E-state index in [4.69, 9.17) is 5.11 Å². The van der Waals surface area contributed by atoms with Crippen LogP contribution < -0.4 is 5.32 Å². The Hall–Kier alpha value is -2.74. The number of amides is 2. The highest BCUT2D eigenvalue weighted by atomic mass is 32.1. The fourth-order valence-corrected chi connectivity index (χ4v) is 4.01. The fourth-order valence-electron chi connectivity index (χ4n) is 3.10. The van der Waals surface area contributed by atoms with Crippen LogP contribution in [-0.2, 0) is 16.1 Å². The largest absolute Gasteiger partial charge is 0.477 e. The predicted molar refractivity (Wildman–Crippen MR) is 100 cm³/mol. The number of aryl methyl sites for hydroxylation is 1. The number of aromatic carboxylic acids is 1. The molecule has 8 heteroatoms. The molecule has 0 aliphatic carbocycles. The monoisotopic (exact) mass is 387 g/mol. The molecule has 0 spiro atoms. The summed E-state index contributed by atoms with van der Waals surface area (Å²) in [4.78, 5) is 42.1. The minimum atomic E-state index is -1.02. The summed E-state index contributed by atoms with van der Waals surface area (Å²) in [6.07, 6.45) is 0.183. The second-order valence-corrected chi connectivity index (χ2v) is 7.69. The average Bonchev–Trinajstić information content (AvgIpc) is 3.19. The van der Waals surface area contributed by atoms with E-state index >= 15 is 0 Å². The maximum absolute atomic E-state index is 12.6. The van der Waals surface area contributed by atoms with Crippen molar-refractivity contribution in [2.24, 2.45) is 5.92 Å². The molecule has 2 heterocycles. The second kappa shape index (κ2) is 7.87. The van der Waals surface area contributed by atoms with E-state index in [1.54, 1.807) is 18.7 Å². The molecule has 3 rings (SSSR count). The molecule has 27 heavy (non-hydrogen) atoms. The standard InChI is InChI=1S/C19H21N3O4S/c1-11-16(19(25)26)27-18(21-11)12(2)20-17(24)14-8-15(23)22(10-14)9-13-6-4-3-5-7-13/h3-7,12,14H,8-10H2,1-2H3,(H,20,24)(H,25,26). The number of aromatic nitrogens is 1. The van der Waals surface area contributed by atoms with E-state index in [1.807, 2.05) is 30.3 Å². The van der Waals surface area contributed by atoms with Gasteiger partial charge < -0.3 is 15.3 Å². The minimum Gasteiger partial charge on any atom is -0.477 e. The summed E-state index contributed by atoms with van der Waals surface area (Å²) in [6, 6.07) is 9.25.